The molecule has 78 valence electrons. The predicted octanol–water partition coefficient (Wildman–Crippen LogP) is 2.84. The fourth-order valence-corrected chi connectivity index (χ4v) is 1.53. The molecule has 0 saturated heterocycles. The molecule has 1 aromatic rings. The molecule has 1 unspecified atom stereocenters. The minimum Gasteiger partial charge on any atom is -0.328 e. The molecule has 0 amide bonds. The first-order valence-electron chi connectivity index (χ1n) is 5.04. The Morgan fingerprint density at radius 1 is 1.29 bits per heavy atom. The summed E-state index contributed by atoms with van der Waals surface area (Å²) in [6, 6.07) is 5.39. The highest BCUT2D eigenvalue weighted by molar-refractivity contribution is 5.27. The lowest BCUT2D eigenvalue weighted by molar-refractivity contribution is 0.596. The summed E-state index contributed by atoms with van der Waals surface area (Å²) in [5.74, 6) is 0.108. The van der Waals surface area contributed by atoms with Crippen LogP contribution in [-0.2, 0) is 6.42 Å². The number of nitrogens with two attached hydrogens (primary N) is 1. The molecule has 0 heterocycles. The van der Waals surface area contributed by atoms with E-state index in [-0.39, 0.29) is 17.8 Å². The van der Waals surface area contributed by atoms with Gasteiger partial charge in [0.15, 0.2) is 0 Å². The molecule has 0 bridgehead atoms. The SMILES string of the molecule is CC(N)Cc1ccc(F)c(C(C)C)c1. The second kappa shape index (κ2) is 4.56. The van der Waals surface area contributed by atoms with Crippen molar-refractivity contribution in [2.24, 2.45) is 5.73 Å². The quantitative estimate of drug-likeness (QED) is 0.788. The van der Waals surface area contributed by atoms with E-state index in [1.807, 2.05) is 32.9 Å². The summed E-state index contributed by atoms with van der Waals surface area (Å²) in [6.07, 6.45) is 0.806. The molecule has 0 spiro atoms. The van der Waals surface area contributed by atoms with Crippen LogP contribution in [0.1, 0.15) is 37.8 Å². The van der Waals surface area contributed by atoms with Crippen molar-refractivity contribution in [3.63, 3.8) is 0 Å². The number of halogens is 1. The monoisotopic (exact) mass is 195 g/mol. The Kier molecular flexibility index (Phi) is 3.64. The average Bonchev–Trinajstić information content (AvgIpc) is 2.07. The van der Waals surface area contributed by atoms with Crippen molar-refractivity contribution in [2.45, 2.75) is 39.2 Å². The summed E-state index contributed by atoms with van der Waals surface area (Å²) in [6.45, 7) is 5.94. The van der Waals surface area contributed by atoms with Gasteiger partial charge in [0.05, 0.1) is 0 Å². The van der Waals surface area contributed by atoms with Crippen molar-refractivity contribution in [3.05, 3.63) is 35.1 Å². The van der Waals surface area contributed by atoms with Gasteiger partial charge in [-0.1, -0.05) is 26.0 Å². The van der Waals surface area contributed by atoms with Crippen LogP contribution in [0.5, 0.6) is 0 Å². The maximum absolute atomic E-state index is 13.3. The summed E-state index contributed by atoms with van der Waals surface area (Å²) < 4.78 is 13.3. The van der Waals surface area contributed by atoms with E-state index in [1.165, 1.54) is 6.07 Å². The normalized spacial score (nSPS) is 13.3. The highest BCUT2D eigenvalue weighted by Crippen LogP contribution is 2.20. The third-order valence-corrected chi connectivity index (χ3v) is 2.24. The maximum atomic E-state index is 13.3. The molecule has 0 radical (unpaired) electrons. The first kappa shape index (κ1) is 11.2. The molecule has 2 N–H and O–H groups in total. The van der Waals surface area contributed by atoms with Gasteiger partial charge in [0, 0.05) is 6.04 Å². The fraction of sp³-hybridized carbons (Fsp3) is 0.500. The number of hydrogen-bond donors (Lipinski definition) is 1. The Balaban J connectivity index is 2.94. The fourth-order valence-electron chi connectivity index (χ4n) is 1.53. The predicted molar refractivity (Wildman–Crippen MR) is 57.8 cm³/mol. The smallest absolute Gasteiger partial charge is 0.126 e. The first-order valence-corrected chi connectivity index (χ1v) is 5.04. The van der Waals surface area contributed by atoms with E-state index in [4.69, 9.17) is 5.73 Å². The van der Waals surface area contributed by atoms with Gasteiger partial charge < -0.3 is 5.73 Å². The van der Waals surface area contributed by atoms with Crippen molar-refractivity contribution >= 4 is 0 Å². The second-order valence-electron chi connectivity index (χ2n) is 4.19. The van der Waals surface area contributed by atoms with Crippen LogP contribution in [0.4, 0.5) is 4.39 Å². The van der Waals surface area contributed by atoms with Crippen LogP contribution in [0.25, 0.3) is 0 Å². The van der Waals surface area contributed by atoms with Crippen LogP contribution < -0.4 is 5.73 Å². The summed E-state index contributed by atoms with van der Waals surface area (Å²) in [4.78, 5) is 0. The van der Waals surface area contributed by atoms with Crippen molar-refractivity contribution < 1.29 is 4.39 Å². The first-order chi connectivity index (χ1) is 6.50. The largest absolute Gasteiger partial charge is 0.328 e. The van der Waals surface area contributed by atoms with Gasteiger partial charge in [0.25, 0.3) is 0 Å². The minimum atomic E-state index is -0.117. The van der Waals surface area contributed by atoms with E-state index in [0.29, 0.717) is 0 Å². The zero-order valence-corrected chi connectivity index (χ0v) is 9.05. The van der Waals surface area contributed by atoms with Crippen LogP contribution in [0.2, 0.25) is 0 Å². The average molecular weight is 195 g/mol. The Morgan fingerprint density at radius 3 is 2.43 bits per heavy atom. The van der Waals surface area contributed by atoms with Gasteiger partial charge >= 0.3 is 0 Å². The van der Waals surface area contributed by atoms with Gasteiger partial charge in [-0.2, -0.15) is 0 Å². The summed E-state index contributed by atoms with van der Waals surface area (Å²) in [5.41, 5.74) is 7.59. The Labute approximate surface area is 85.1 Å². The number of benzene rings is 1. The van der Waals surface area contributed by atoms with Crippen LogP contribution in [0, 0.1) is 5.82 Å². The van der Waals surface area contributed by atoms with E-state index in [9.17, 15) is 4.39 Å². The zero-order valence-electron chi connectivity index (χ0n) is 9.05. The molecule has 1 atom stereocenters. The van der Waals surface area contributed by atoms with E-state index < -0.39 is 0 Å². The lowest BCUT2D eigenvalue weighted by atomic mass is 9.98. The lowest BCUT2D eigenvalue weighted by Gasteiger charge is -2.11. The number of hydrogen-bond acceptors (Lipinski definition) is 1. The highest BCUT2D eigenvalue weighted by Gasteiger charge is 2.08. The second-order valence-corrected chi connectivity index (χ2v) is 4.19. The van der Waals surface area contributed by atoms with Crippen LogP contribution in [-0.4, -0.2) is 6.04 Å². The van der Waals surface area contributed by atoms with Gasteiger partial charge in [-0.15, -0.1) is 0 Å². The van der Waals surface area contributed by atoms with E-state index in [2.05, 4.69) is 0 Å². The number of rotatable bonds is 3. The molecule has 14 heavy (non-hydrogen) atoms. The summed E-state index contributed by atoms with van der Waals surface area (Å²) in [7, 11) is 0. The van der Waals surface area contributed by atoms with Gasteiger partial charge in [-0.05, 0) is 36.5 Å². The maximum Gasteiger partial charge on any atom is 0.126 e. The zero-order chi connectivity index (χ0) is 10.7. The molecular weight excluding hydrogens is 177 g/mol. The standard InChI is InChI=1S/C12H18FN/c1-8(2)11-7-10(6-9(3)14)4-5-12(11)13/h4-5,7-9H,6,14H2,1-3H3. The summed E-state index contributed by atoms with van der Waals surface area (Å²) in [5, 5.41) is 0. The van der Waals surface area contributed by atoms with Crippen molar-refractivity contribution in [1.82, 2.24) is 0 Å². The molecule has 1 nitrogen and oxygen atoms in total. The topological polar surface area (TPSA) is 26.0 Å². The van der Waals surface area contributed by atoms with Gasteiger partial charge in [-0.3, -0.25) is 0 Å². The molecule has 0 saturated carbocycles. The van der Waals surface area contributed by atoms with Crippen LogP contribution >= 0.6 is 0 Å². The minimum absolute atomic E-state index is 0.117. The Hall–Kier alpha value is -0.890. The van der Waals surface area contributed by atoms with Crippen molar-refractivity contribution in [2.75, 3.05) is 0 Å². The molecule has 0 aromatic heterocycles. The van der Waals surface area contributed by atoms with Crippen molar-refractivity contribution in [1.29, 1.82) is 0 Å². The molecule has 1 rings (SSSR count). The van der Waals surface area contributed by atoms with Crippen LogP contribution in [0.3, 0.4) is 0 Å². The van der Waals surface area contributed by atoms with Gasteiger partial charge in [0.1, 0.15) is 5.82 Å². The van der Waals surface area contributed by atoms with Gasteiger partial charge in [-0.25, -0.2) is 4.39 Å². The molecule has 0 aliphatic carbocycles. The molecule has 0 aliphatic heterocycles. The van der Waals surface area contributed by atoms with E-state index >= 15 is 0 Å². The van der Waals surface area contributed by atoms with Crippen molar-refractivity contribution in [3.8, 4) is 0 Å². The third-order valence-electron chi connectivity index (χ3n) is 2.24. The Bertz CT molecular complexity index is 305. The van der Waals surface area contributed by atoms with E-state index in [0.717, 1.165) is 17.5 Å². The molecular formula is C12H18FN. The Morgan fingerprint density at radius 2 is 1.93 bits per heavy atom. The third kappa shape index (κ3) is 2.81. The highest BCUT2D eigenvalue weighted by atomic mass is 19.1. The van der Waals surface area contributed by atoms with Crippen LogP contribution in [0.15, 0.2) is 18.2 Å². The molecule has 1 aromatic carbocycles. The lowest BCUT2D eigenvalue weighted by Crippen LogP contribution is -2.17. The molecule has 2 heteroatoms. The van der Waals surface area contributed by atoms with E-state index in [1.54, 1.807) is 0 Å². The van der Waals surface area contributed by atoms with Gasteiger partial charge in [0.2, 0.25) is 0 Å². The summed E-state index contributed by atoms with van der Waals surface area (Å²) >= 11 is 0. The molecule has 0 aliphatic rings. The molecule has 0 fully saturated rings.